The summed E-state index contributed by atoms with van der Waals surface area (Å²) in [6, 6.07) is 12.4. The van der Waals surface area contributed by atoms with Crippen molar-refractivity contribution in [3.05, 3.63) is 70.9 Å². The molecular weight excluding hydrogens is 399 g/mol. The maximum atomic E-state index is 13.5. The highest BCUT2D eigenvalue weighted by atomic mass is 19.4. The molecule has 0 unspecified atom stereocenters. The highest BCUT2D eigenvalue weighted by Gasteiger charge is 2.30. The zero-order valence-corrected chi connectivity index (χ0v) is 18.3. The zero-order chi connectivity index (χ0) is 22.4. The van der Waals surface area contributed by atoms with Crippen molar-refractivity contribution >= 4 is 16.8 Å². The maximum absolute atomic E-state index is 13.5. The van der Waals surface area contributed by atoms with Crippen molar-refractivity contribution in [2.45, 2.75) is 71.4 Å². The van der Waals surface area contributed by atoms with Crippen molar-refractivity contribution in [3.8, 4) is 0 Å². The van der Waals surface area contributed by atoms with E-state index >= 15 is 0 Å². The van der Waals surface area contributed by atoms with Gasteiger partial charge < -0.3 is 0 Å². The Kier molecular flexibility index (Phi) is 7.58. The first-order valence-electron chi connectivity index (χ1n) is 11.2. The molecule has 0 radical (unpaired) electrons. The fraction of sp³-hybridized carbons (Fsp3) is 0.423. The molecule has 0 aliphatic heterocycles. The average Bonchev–Trinajstić information content (AvgIpc) is 3.06. The quantitative estimate of drug-likeness (QED) is 0.318. The molecule has 31 heavy (non-hydrogen) atoms. The van der Waals surface area contributed by atoms with E-state index in [1.54, 1.807) is 4.57 Å². The van der Waals surface area contributed by atoms with E-state index in [0.717, 1.165) is 80.1 Å². The van der Waals surface area contributed by atoms with Crippen LogP contribution in [0.25, 0.3) is 10.9 Å². The van der Waals surface area contributed by atoms with Crippen LogP contribution in [0, 0.1) is 0 Å². The first-order chi connectivity index (χ1) is 14.9. The van der Waals surface area contributed by atoms with Crippen LogP contribution in [0.15, 0.2) is 48.5 Å². The maximum Gasteiger partial charge on any atom is 0.416 e. The van der Waals surface area contributed by atoms with Crippen molar-refractivity contribution in [2.24, 2.45) is 0 Å². The predicted octanol–water partition coefficient (Wildman–Crippen LogP) is 7.81. The molecule has 0 aliphatic carbocycles. The van der Waals surface area contributed by atoms with Crippen LogP contribution in [-0.2, 0) is 19.0 Å². The number of aryl methyl sites for hydroxylation is 1. The van der Waals surface area contributed by atoms with Gasteiger partial charge in [-0.2, -0.15) is 13.2 Å². The van der Waals surface area contributed by atoms with Crippen molar-refractivity contribution in [1.29, 1.82) is 0 Å². The second-order valence-electron chi connectivity index (χ2n) is 8.07. The number of para-hydroxylation sites is 1. The molecule has 0 spiro atoms. The number of unbranched alkanes of at least 4 members (excludes halogenated alkanes) is 4. The number of hydrogen-bond acceptors (Lipinski definition) is 1. The molecule has 2 nitrogen and oxygen atoms in total. The Morgan fingerprint density at radius 3 is 2.06 bits per heavy atom. The lowest BCUT2D eigenvalue weighted by molar-refractivity contribution is -0.137. The van der Waals surface area contributed by atoms with Gasteiger partial charge in [-0.15, -0.1) is 0 Å². The summed E-state index contributed by atoms with van der Waals surface area (Å²) in [5.41, 5.74) is 2.58. The third-order valence-electron chi connectivity index (χ3n) is 5.80. The largest absolute Gasteiger partial charge is 0.416 e. The lowest BCUT2D eigenvalue weighted by Gasteiger charge is -2.13. The van der Waals surface area contributed by atoms with Crippen LogP contribution in [-0.4, -0.2) is 10.5 Å². The van der Waals surface area contributed by atoms with Crippen LogP contribution in [0.1, 0.15) is 79.6 Å². The lowest BCUT2D eigenvalue weighted by Crippen LogP contribution is -2.16. The molecular formula is C26H30F3NO. The van der Waals surface area contributed by atoms with Crippen LogP contribution in [0.4, 0.5) is 13.2 Å². The van der Waals surface area contributed by atoms with E-state index in [1.807, 2.05) is 18.2 Å². The van der Waals surface area contributed by atoms with E-state index in [4.69, 9.17) is 0 Å². The minimum Gasteiger partial charge on any atom is -0.280 e. The Bertz CT molecular complexity index is 1020. The summed E-state index contributed by atoms with van der Waals surface area (Å²) in [4.78, 5) is 13.5. The summed E-state index contributed by atoms with van der Waals surface area (Å²) >= 11 is 0. The molecule has 0 amide bonds. The normalized spacial score (nSPS) is 11.9. The standard InChI is InChI=1S/C26H30F3NO/c1-3-5-7-11-21-22-12-9-10-14-24(22)30(23(21)13-8-6-4-2)25(31)19-15-17-20(18-16-19)26(27,28)29/h9-10,12,14-18H,3-8,11,13H2,1-2H3. The van der Waals surface area contributed by atoms with Gasteiger partial charge in [-0.25, -0.2) is 0 Å². The molecule has 0 atom stereocenters. The summed E-state index contributed by atoms with van der Waals surface area (Å²) < 4.78 is 40.6. The molecule has 3 aromatic rings. The highest BCUT2D eigenvalue weighted by molar-refractivity contribution is 6.04. The van der Waals surface area contributed by atoms with Gasteiger partial charge in [0.15, 0.2) is 0 Å². The van der Waals surface area contributed by atoms with E-state index in [9.17, 15) is 18.0 Å². The number of alkyl halides is 3. The van der Waals surface area contributed by atoms with Gasteiger partial charge in [-0.05, 0) is 61.6 Å². The summed E-state index contributed by atoms with van der Waals surface area (Å²) in [7, 11) is 0. The number of hydrogen-bond donors (Lipinski definition) is 0. The zero-order valence-electron chi connectivity index (χ0n) is 18.3. The SMILES string of the molecule is CCCCCc1c(CCCCC)n(C(=O)c2ccc(C(F)(F)F)cc2)c2ccccc12. The monoisotopic (exact) mass is 429 g/mol. The molecule has 0 aliphatic rings. The van der Waals surface area contributed by atoms with Crippen LogP contribution in [0.3, 0.4) is 0 Å². The van der Waals surface area contributed by atoms with Crippen LogP contribution in [0.2, 0.25) is 0 Å². The number of carbonyl (C=O) groups excluding carboxylic acids is 1. The molecule has 166 valence electrons. The molecule has 5 heteroatoms. The highest BCUT2D eigenvalue weighted by Crippen LogP contribution is 2.32. The minimum atomic E-state index is -4.42. The van der Waals surface area contributed by atoms with Gasteiger partial charge in [0.05, 0.1) is 11.1 Å². The molecule has 0 fully saturated rings. The van der Waals surface area contributed by atoms with Crippen LogP contribution >= 0.6 is 0 Å². The number of fused-ring (bicyclic) bond motifs is 1. The van der Waals surface area contributed by atoms with Crippen molar-refractivity contribution in [1.82, 2.24) is 4.57 Å². The number of benzene rings is 2. The van der Waals surface area contributed by atoms with Gasteiger partial charge in [-0.1, -0.05) is 57.7 Å². The Hall–Kier alpha value is -2.56. The fourth-order valence-corrected chi connectivity index (χ4v) is 4.16. The van der Waals surface area contributed by atoms with Gasteiger partial charge in [0, 0.05) is 16.6 Å². The number of aromatic nitrogens is 1. The van der Waals surface area contributed by atoms with Gasteiger partial charge >= 0.3 is 6.18 Å². The minimum absolute atomic E-state index is 0.266. The summed E-state index contributed by atoms with van der Waals surface area (Å²) in [5.74, 6) is -0.266. The molecule has 0 bridgehead atoms. The molecule has 0 saturated heterocycles. The molecule has 0 N–H and O–H groups in total. The molecule has 2 aromatic carbocycles. The molecule has 3 rings (SSSR count). The Balaban J connectivity index is 2.08. The van der Waals surface area contributed by atoms with Crippen LogP contribution < -0.4 is 0 Å². The predicted molar refractivity (Wildman–Crippen MR) is 120 cm³/mol. The van der Waals surface area contributed by atoms with Crippen molar-refractivity contribution in [2.75, 3.05) is 0 Å². The van der Waals surface area contributed by atoms with Crippen molar-refractivity contribution in [3.63, 3.8) is 0 Å². The van der Waals surface area contributed by atoms with E-state index in [1.165, 1.54) is 17.7 Å². The number of halogens is 3. The van der Waals surface area contributed by atoms with E-state index < -0.39 is 11.7 Å². The first kappa shape index (κ1) is 23.1. The molecule has 0 saturated carbocycles. The lowest BCUT2D eigenvalue weighted by atomic mass is 10.0. The molecule has 1 aromatic heterocycles. The second kappa shape index (κ2) is 10.2. The smallest absolute Gasteiger partial charge is 0.280 e. The Morgan fingerprint density at radius 1 is 0.839 bits per heavy atom. The first-order valence-corrected chi connectivity index (χ1v) is 11.2. The topological polar surface area (TPSA) is 22.0 Å². The molecule has 1 heterocycles. The average molecular weight is 430 g/mol. The fourth-order valence-electron chi connectivity index (χ4n) is 4.16. The number of nitrogens with zero attached hydrogens (tertiary/aromatic N) is 1. The third-order valence-corrected chi connectivity index (χ3v) is 5.80. The van der Waals surface area contributed by atoms with E-state index in [0.29, 0.717) is 0 Å². The van der Waals surface area contributed by atoms with Gasteiger partial charge in [0.25, 0.3) is 5.91 Å². The second-order valence-corrected chi connectivity index (χ2v) is 8.07. The van der Waals surface area contributed by atoms with Gasteiger partial charge in [-0.3, -0.25) is 9.36 Å². The van der Waals surface area contributed by atoms with Gasteiger partial charge in [0.2, 0.25) is 0 Å². The summed E-state index contributed by atoms with van der Waals surface area (Å²) in [6.07, 6.45) is 3.71. The summed E-state index contributed by atoms with van der Waals surface area (Å²) in [5, 5.41) is 1.07. The van der Waals surface area contributed by atoms with E-state index in [2.05, 4.69) is 19.9 Å². The third kappa shape index (κ3) is 5.20. The van der Waals surface area contributed by atoms with E-state index in [-0.39, 0.29) is 11.5 Å². The Morgan fingerprint density at radius 2 is 1.45 bits per heavy atom. The van der Waals surface area contributed by atoms with Crippen molar-refractivity contribution < 1.29 is 18.0 Å². The number of carbonyl (C=O) groups is 1. The van der Waals surface area contributed by atoms with Crippen LogP contribution in [0.5, 0.6) is 0 Å². The Labute approximate surface area is 182 Å². The summed E-state index contributed by atoms with van der Waals surface area (Å²) in [6.45, 7) is 4.31. The number of rotatable bonds is 9. The van der Waals surface area contributed by atoms with Gasteiger partial charge in [0.1, 0.15) is 0 Å².